The van der Waals surface area contributed by atoms with Gasteiger partial charge in [-0.25, -0.2) is 27.5 Å². The molecule has 0 radical (unpaired) electrons. The summed E-state index contributed by atoms with van der Waals surface area (Å²) in [4.78, 5) is 74.4. The zero-order chi connectivity index (χ0) is 64.5. The van der Waals surface area contributed by atoms with E-state index in [1.807, 2.05) is 6.07 Å². The number of anilines is 1. The number of carbonyl (C=O) groups excluding carboxylic acids is 4. The van der Waals surface area contributed by atoms with Gasteiger partial charge in [0.2, 0.25) is 5.91 Å². The molecule has 2 aliphatic rings. The van der Waals surface area contributed by atoms with E-state index in [1.54, 1.807) is 85.8 Å². The third-order valence-corrected chi connectivity index (χ3v) is 16.6. The number of carboxylic acid groups (broad SMARTS) is 2. The smallest absolute Gasteiger partial charge is 0.339 e. The van der Waals surface area contributed by atoms with E-state index < -0.39 is 28.0 Å². The molecule has 1 heterocycles. The van der Waals surface area contributed by atoms with Gasteiger partial charge >= 0.3 is 18.0 Å². The number of benzene rings is 6. The molecular formula is C67H80Cl2N6O13S. The fraction of sp³-hybridized carbons (Fsp3) is 0.373. The summed E-state index contributed by atoms with van der Waals surface area (Å²) in [5.74, 6) is -1.08. The topological polar surface area (TPSA) is 268 Å². The van der Waals surface area contributed by atoms with Crippen LogP contribution in [0.2, 0.25) is 10.0 Å². The Bertz CT molecular complexity index is 3470. The van der Waals surface area contributed by atoms with Gasteiger partial charge in [-0.05, 0) is 165 Å². The molecule has 89 heavy (non-hydrogen) atoms. The maximum atomic E-state index is 13.1. The van der Waals surface area contributed by atoms with E-state index in [0.717, 1.165) is 73.9 Å². The van der Waals surface area contributed by atoms with Crippen molar-refractivity contribution < 1.29 is 61.6 Å². The molecule has 1 saturated carbocycles. The van der Waals surface area contributed by atoms with E-state index in [2.05, 4.69) is 62.9 Å². The van der Waals surface area contributed by atoms with Gasteiger partial charge in [0.1, 0.15) is 22.8 Å². The van der Waals surface area contributed by atoms with Crippen molar-refractivity contribution in [3.8, 4) is 17.2 Å². The Kier molecular flexibility index (Phi) is 27.4. The van der Waals surface area contributed by atoms with E-state index >= 15 is 0 Å². The summed E-state index contributed by atoms with van der Waals surface area (Å²) < 4.78 is 42.9. The molecule has 8 rings (SSSR count). The van der Waals surface area contributed by atoms with Crippen LogP contribution in [-0.2, 0) is 34.1 Å². The van der Waals surface area contributed by atoms with Gasteiger partial charge in [-0.15, -0.1) is 0 Å². The molecule has 1 aliphatic heterocycles. The minimum atomic E-state index is -3.97. The number of para-hydroxylation sites is 1. The second-order valence-corrected chi connectivity index (χ2v) is 24.4. The number of rotatable bonds is 24. The van der Waals surface area contributed by atoms with Crippen LogP contribution in [0, 0.1) is 5.92 Å². The normalized spacial score (nSPS) is 13.4. The molecule has 476 valence electrons. The molecule has 1 saturated heterocycles. The molecule has 19 nitrogen and oxygen atoms in total. The van der Waals surface area contributed by atoms with Crippen molar-refractivity contribution in [3.05, 3.63) is 182 Å². The predicted molar refractivity (Wildman–Crippen MR) is 345 cm³/mol. The molecular weight excluding hydrogens is 1200 g/mol. The number of carbonyl (C=O) groups is 6. The van der Waals surface area contributed by atoms with Crippen molar-refractivity contribution >= 4 is 74.6 Å². The van der Waals surface area contributed by atoms with Crippen molar-refractivity contribution in [1.29, 1.82) is 0 Å². The molecule has 5 amide bonds. The summed E-state index contributed by atoms with van der Waals surface area (Å²) in [5.41, 5.74) is 5.94. The lowest BCUT2D eigenvalue weighted by atomic mass is 9.94. The fourth-order valence-electron chi connectivity index (χ4n) is 10.3. The third-order valence-electron chi connectivity index (χ3n) is 14.8. The average molecular weight is 1280 g/mol. The van der Waals surface area contributed by atoms with Gasteiger partial charge in [-0.2, -0.15) is 0 Å². The molecule has 1 atom stereocenters. The number of sulfonamides is 1. The summed E-state index contributed by atoms with van der Waals surface area (Å²) in [7, 11) is -1.00. The monoisotopic (exact) mass is 1280 g/mol. The number of ether oxygens (including phenoxy) is 3. The van der Waals surface area contributed by atoms with E-state index in [0.29, 0.717) is 76.9 Å². The number of nitrogens with zero attached hydrogens (tertiary/aromatic N) is 1. The van der Waals surface area contributed by atoms with Crippen molar-refractivity contribution in [1.82, 2.24) is 26.0 Å². The van der Waals surface area contributed by atoms with Crippen LogP contribution in [0.1, 0.15) is 148 Å². The van der Waals surface area contributed by atoms with Crippen LogP contribution in [0.5, 0.6) is 17.2 Å². The van der Waals surface area contributed by atoms with Gasteiger partial charge in [0.25, 0.3) is 21.8 Å². The van der Waals surface area contributed by atoms with Crippen LogP contribution in [0.15, 0.2) is 132 Å². The summed E-state index contributed by atoms with van der Waals surface area (Å²) in [5, 5.41) is 30.7. The molecule has 7 N–H and O–H groups in total. The summed E-state index contributed by atoms with van der Waals surface area (Å²) in [6, 6.07) is 34.9. The van der Waals surface area contributed by atoms with Crippen molar-refractivity contribution in [2.75, 3.05) is 51.9 Å². The molecule has 0 bridgehead atoms. The highest BCUT2D eigenvalue weighted by atomic mass is 35.5. The molecule has 0 unspecified atom stereocenters. The minimum absolute atomic E-state index is 0.00209. The molecule has 22 heteroatoms. The quantitative estimate of drug-likeness (QED) is 0.0297. The van der Waals surface area contributed by atoms with Crippen molar-refractivity contribution in [3.63, 3.8) is 0 Å². The largest absolute Gasteiger partial charge is 0.496 e. The Morgan fingerprint density at radius 1 is 0.629 bits per heavy atom. The van der Waals surface area contributed by atoms with E-state index in [-0.39, 0.29) is 52.2 Å². The Morgan fingerprint density at radius 3 is 1.70 bits per heavy atom. The van der Waals surface area contributed by atoms with Crippen LogP contribution in [0.4, 0.5) is 10.5 Å². The van der Waals surface area contributed by atoms with Gasteiger partial charge in [-0.1, -0.05) is 105 Å². The average Bonchev–Trinajstić information content (AvgIpc) is 3.70. The summed E-state index contributed by atoms with van der Waals surface area (Å²) in [6.07, 6.45) is 10.7. The lowest BCUT2D eigenvalue weighted by molar-refractivity contribution is -0.121. The lowest BCUT2D eigenvalue weighted by Crippen LogP contribution is -2.45. The van der Waals surface area contributed by atoms with Crippen molar-refractivity contribution in [2.45, 2.75) is 115 Å². The number of halogens is 2. The second kappa shape index (κ2) is 35.0. The number of hydrogen-bond donors (Lipinski definition) is 7. The maximum Gasteiger partial charge on any atom is 0.339 e. The first-order valence-electron chi connectivity index (χ1n) is 29.8. The number of methoxy groups -OCH3 is 2. The number of aromatic carboxylic acids is 2. The predicted octanol–water partition coefficient (Wildman–Crippen LogP) is 11.9. The fourth-order valence-corrected chi connectivity index (χ4v) is 11.6. The van der Waals surface area contributed by atoms with Gasteiger partial charge in [-0.3, -0.25) is 14.4 Å². The Labute approximate surface area is 531 Å². The first kappa shape index (κ1) is 69.8. The summed E-state index contributed by atoms with van der Waals surface area (Å²) >= 11 is 11.9. The zero-order valence-corrected chi connectivity index (χ0v) is 53.2. The number of piperidine rings is 1. The van der Waals surface area contributed by atoms with Gasteiger partial charge in [0, 0.05) is 48.0 Å². The van der Waals surface area contributed by atoms with E-state index in [4.69, 9.17) is 42.5 Å². The molecule has 0 aromatic heterocycles. The Hall–Kier alpha value is -8.33. The SMILES string of the molecule is CCOc1cc(CC(=O)N[C@@H](CC(C)C)c2ccccc2N2CCCCC2)ccc1C(=O)O.COc1ccc(Cl)cc1C(=O)NCCc1ccc(C(=O)O)cc1.COc1ccc(Cl)cc1C(=O)NCCc1ccc(S(=O)(=O)NC(=O)NC2CCCCC2)cc1. The highest BCUT2D eigenvalue weighted by Crippen LogP contribution is 2.33. The van der Waals surface area contributed by atoms with Crippen LogP contribution >= 0.6 is 23.2 Å². The zero-order valence-electron chi connectivity index (χ0n) is 50.9. The number of nitrogens with one attached hydrogen (secondary N) is 5. The Morgan fingerprint density at radius 2 is 1.17 bits per heavy atom. The van der Waals surface area contributed by atoms with Crippen LogP contribution in [0.25, 0.3) is 0 Å². The van der Waals surface area contributed by atoms with Crippen molar-refractivity contribution in [2.24, 2.45) is 5.92 Å². The first-order valence-corrected chi connectivity index (χ1v) is 32.0. The highest BCUT2D eigenvalue weighted by Gasteiger charge is 2.25. The third kappa shape index (κ3) is 22.0. The number of amides is 5. The lowest BCUT2D eigenvalue weighted by Gasteiger charge is -2.33. The minimum Gasteiger partial charge on any atom is -0.496 e. The highest BCUT2D eigenvalue weighted by molar-refractivity contribution is 7.90. The second-order valence-electron chi connectivity index (χ2n) is 21.9. The first-order chi connectivity index (χ1) is 42.7. The molecule has 6 aromatic carbocycles. The molecule has 6 aromatic rings. The number of hydrogen-bond acceptors (Lipinski definition) is 12. The van der Waals surface area contributed by atoms with Crippen LogP contribution in [-0.4, -0.2) is 107 Å². The van der Waals surface area contributed by atoms with Gasteiger partial charge in [0.15, 0.2) is 0 Å². The van der Waals surface area contributed by atoms with Gasteiger partial charge < -0.3 is 50.6 Å². The summed E-state index contributed by atoms with van der Waals surface area (Å²) in [6.45, 7) is 9.36. The molecule has 0 spiro atoms. The van der Waals surface area contributed by atoms with E-state index in [9.17, 15) is 42.3 Å². The van der Waals surface area contributed by atoms with Crippen LogP contribution < -0.4 is 45.1 Å². The Balaban J connectivity index is 0.000000217. The van der Waals surface area contributed by atoms with E-state index in [1.165, 1.54) is 63.4 Å². The standard InChI is InChI=1S/C27H36N2O4.C23H28ClN3O5S.C17H16ClNO4/c1-4-33-25-17-20(12-13-22(25)27(31)32)18-26(30)28-23(16-19(2)3)21-10-6-7-11-24(21)29-14-8-5-9-15-29;1-32-21-12-9-17(24)15-20(21)22(28)25-14-13-16-7-10-19(11-8-16)33(30,31)27-23(29)26-18-5-3-2-4-6-18;1-23-15-7-6-13(18)10-14(15)16(20)19-9-8-11-2-4-12(5-3-11)17(21)22/h6-7,10-13,17,19,23H,4-5,8-9,14-16,18H2,1-3H3,(H,28,30)(H,31,32);7-12,15,18H,2-6,13-14H2,1H3,(H,25,28)(H2,26,27,29);2-7,10H,8-9H2,1H3,(H,19,20)(H,21,22)/t23-;;/m0../s1. The molecule has 2 fully saturated rings. The number of carboxylic acids is 2. The van der Waals surface area contributed by atoms with Gasteiger partial charge in [0.05, 0.1) is 54.9 Å². The molecule has 1 aliphatic carbocycles. The number of urea groups is 1. The maximum absolute atomic E-state index is 13.1. The van der Waals surface area contributed by atoms with Crippen LogP contribution in [0.3, 0.4) is 0 Å².